The summed E-state index contributed by atoms with van der Waals surface area (Å²) in [4.78, 5) is 24.4. The number of hydrogen-bond acceptors (Lipinski definition) is 7. The third-order valence-corrected chi connectivity index (χ3v) is 6.41. The van der Waals surface area contributed by atoms with Gasteiger partial charge in [-0.2, -0.15) is 0 Å². The van der Waals surface area contributed by atoms with Crippen molar-refractivity contribution in [3.05, 3.63) is 72.1 Å². The zero-order valence-electron chi connectivity index (χ0n) is 17.6. The fourth-order valence-corrected chi connectivity index (χ4v) is 4.61. The van der Waals surface area contributed by atoms with Crippen LogP contribution in [0, 0.1) is 6.92 Å². The maximum absolute atomic E-state index is 13.5. The van der Waals surface area contributed by atoms with E-state index in [4.69, 9.17) is 9.72 Å². The number of carbonyl (C=O) groups excluding carboxylic acids is 1. The average molecular weight is 445 g/mol. The molecule has 32 heavy (non-hydrogen) atoms. The number of anilines is 1. The van der Waals surface area contributed by atoms with Gasteiger partial charge >= 0.3 is 0 Å². The first-order valence-electron chi connectivity index (χ1n) is 10.1. The maximum Gasteiger partial charge on any atom is 0.250 e. The molecule has 3 aromatic heterocycles. The van der Waals surface area contributed by atoms with Crippen LogP contribution in [0.15, 0.2) is 60.8 Å². The monoisotopic (exact) mass is 444 g/mol. The van der Waals surface area contributed by atoms with Crippen molar-refractivity contribution in [1.29, 1.82) is 0 Å². The Balaban J connectivity index is 1.55. The number of aromatic nitrogens is 5. The number of pyridine rings is 1. The molecule has 0 saturated carbocycles. The third-order valence-electron chi connectivity index (χ3n) is 5.20. The summed E-state index contributed by atoms with van der Waals surface area (Å²) < 4.78 is 8.10. The van der Waals surface area contributed by atoms with E-state index in [-0.39, 0.29) is 12.5 Å². The van der Waals surface area contributed by atoms with Crippen LogP contribution in [0.1, 0.15) is 11.3 Å². The second kappa shape index (κ2) is 8.35. The standard InChI is InChI=1S/C23H20N6O2S/c1-15-10-11-19(31-2)21-22(15)32-23(25-21)28(13-16-7-5-6-12-24-16)20(30)14-29-18-9-4-3-8-17(18)26-27-29/h3-12H,13-14H2,1-2H3. The highest BCUT2D eigenvalue weighted by molar-refractivity contribution is 7.22. The van der Waals surface area contributed by atoms with Crippen molar-refractivity contribution in [2.45, 2.75) is 20.0 Å². The number of methoxy groups -OCH3 is 1. The predicted octanol–water partition coefficient (Wildman–Crippen LogP) is 3.99. The number of rotatable bonds is 6. The molecule has 3 heterocycles. The first-order chi connectivity index (χ1) is 15.6. The summed E-state index contributed by atoms with van der Waals surface area (Å²) in [6.45, 7) is 2.36. The Hall–Kier alpha value is -3.85. The van der Waals surface area contributed by atoms with Crippen molar-refractivity contribution < 1.29 is 9.53 Å². The van der Waals surface area contributed by atoms with E-state index in [1.807, 2.05) is 61.5 Å². The van der Waals surface area contributed by atoms with Gasteiger partial charge in [0.05, 0.1) is 29.6 Å². The molecule has 2 aromatic carbocycles. The number of para-hydroxylation sites is 1. The normalized spacial score (nSPS) is 11.2. The molecule has 0 saturated heterocycles. The fraction of sp³-hybridized carbons (Fsp3) is 0.174. The third kappa shape index (κ3) is 3.67. The van der Waals surface area contributed by atoms with Gasteiger partial charge in [-0.3, -0.25) is 14.7 Å². The Bertz CT molecular complexity index is 1410. The Kier molecular flexibility index (Phi) is 5.24. The minimum atomic E-state index is -0.151. The molecule has 0 aliphatic rings. The highest BCUT2D eigenvalue weighted by Gasteiger charge is 2.23. The van der Waals surface area contributed by atoms with E-state index in [0.29, 0.717) is 17.4 Å². The van der Waals surface area contributed by atoms with Crippen molar-refractivity contribution in [2.24, 2.45) is 0 Å². The number of carbonyl (C=O) groups is 1. The molecule has 0 radical (unpaired) electrons. The number of ether oxygens (including phenoxy) is 1. The molecule has 0 N–H and O–H groups in total. The van der Waals surface area contributed by atoms with Crippen molar-refractivity contribution >= 4 is 43.6 Å². The van der Waals surface area contributed by atoms with E-state index in [0.717, 1.165) is 32.5 Å². The molecule has 0 aliphatic carbocycles. The van der Waals surface area contributed by atoms with Crippen molar-refractivity contribution in [2.75, 3.05) is 12.0 Å². The summed E-state index contributed by atoms with van der Waals surface area (Å²) >= 11 is 1.47. The zero-order valence-corrected chi connectivity index (χ0v) is 18.4. The van der Waals surface area contributed by atoms with E-state index in [1.54, 1.807) is 22.9 Å². The SMILES string of the molecule is COc1ccc(C)c2sc(N(Cc3ccccn3)C(=O)Cn3nnc4ccccc43)nc12. The van der Waals surface area contributed by atoms with E-state index in [2.05, 4.69) is 15.3 Å². The molecule has 0 bridgehead atoms. The Morgan fingerprint density at radius 1 is 1.12 bits per heavy atom. The van der Waals surface area contributed by atoms with Gasteiger partial charge in [-0.25, -0.2) is 9.67 Å². The average Bonchev–Trinajstić information content (AvgIpc) is 3.44. The zero-order chi connectivity index (χ0) is 22.1. The number of amides is 1. The minimum absolute atomic E-state index is 0.0411. The van der Waals surface area contributed by atoms with Gasteiger partial charge in [-0.05, 0) is 42.8 Å². The van der Waals surface area contributed by atoms with Crippen molar-refractivity contribution in [3.63, 3.8) is 0 Å². The number of aryl methyl sites for hydroxylation is 1. The highest BCUT2D eigenvalue weighted by atomic mass is 32.1. The largest absolute Gasteiger partial charge is 0.494 e. The molecule has 0 unspecified atom stereocenters. The minimum Gasteiger partial charge on any atom is -0.494 e. The first-order valence-corrected chi connectivity index (χ1v) is 10.9. The molecular formula is C23H20N6O2S. The number of fused-ring (bicyclic) bond motifs is 2. The van der Waals surface area contributed by atoms with Gasteiger partial charge in [-0.1, -0.05) is 40.8 Å². The second-order valence-corrected chi connectivity index (χ2v) is 8.27. The molecule has 0 aliphatic heterocycles. The molecule has 8 nitrogen and oxygen atoms in total. The van der Waals surface area contributed by atoms with Gasteiger partial charge in [0, 0.05) is 6.20 Å². The first kappa shape index (κ1) is 20.1. The number of hydrogen-bond donors (Lipinski definition) is 0. The Morgan fingerprint density at radius 2 is 1.97 bits per heavy atom. The molecule has 0 spiro atoms. The molecule has 160 valence electrons. The van der Waals surface area contributed by atoms with Crippen LogP contribution in [-0.2, 0) is 17.9 Å². The lowest BCUT2D eigenvalue weighted by atomic mass is 10.2. The lowest BCUT2D eigenvalue weighted by Gasteiger charge is -2.19. The lowest BCUT2D eigenvalue weighted by Crippen LogP contribution is -2.34. The highest BCUT2D eigenvalue weighted by Crippen LogP contribution is 2.37. The molecule has 5 aromatic rings. The summed E-state index contributed by atoms with van der Waals surface area (Å²) in [6, 6.07) is 17.1. The fourth-order valence-electron chi connectivity index (χ4n) is 3.54. The van der Waals surface area contributed by atoms with Crippen LogP contribution in [-0.4, -0.2) is 38.0 Å². The number of benzene rings is 2. The predicted molar refractivity (Wildman–Crippen MR) is 124 cm³/mol. The van der Waals surface area contributed by atoms with Crippen LogP contribution in [0.2, 0.25) is 0 Å². The van der Waals surface area contributed by atoms with Crippen LogP contribution in [0.3, 0.4) is 0 Å². The Labute approximate surface area is 188 Å². The Morgan fingerprint density at radius 3 is 2.78 bits per heavy atom. The summed E-state index contributed by atoms with van der Waals surface area (Å²) in [5, 5.41) is 8.92. The number of thiazole rings is 1. The smallest absolute Gasteiger partial charge is 0.250 e. The summed E-state index contributed by atoms with van der Waals surface area (Å²) in [5.41, 5.74) is 4.15. The van der Waals surface area contributed by atoms with E-state index < -0.39 is 0 Å². The van der Waals surface area contributed by atoms with Crippen LogP contribution in [0.4, 0.5) is 5.13 Å². The molecule has 1 amide bonds. The summed E-state index contributed by atoms with van der Waals surface area (Å²) in [5.74, 6) is 0.530. The maximum atomic E-state index is 13.5. The van der Waals surface area contributed by atoms with Crippen molar-refractivity contribution in [3.8, 4) is 5.75 Å². The van der Waals surface area contributed by atoms with Gasteiger partial charge in [0.1, 0.15) is 23.3 Å². The lowest BCUT2D eigenvalue weighted by molar-refractivity contribution is -0.119. The van der Waals surface area contributed by atoms with Gasteiger partial charge in [0.15, 0.2) is 5.13 Å². The topological polar surface area (TPSA) is 86.0 Å². The molecule has 0 fully saturated rings. The van der Waals surface area contributed by atoms with Crippen LogP contribution >= 0.6 is 11.3 Å². The van der Waals surface area contributed by atoms with E-state index >= 15 is 0 Å². The number of nitrogens with zero attached hydrogens (tertiary/aromatic N) is 6. The van der Waals surface area contributed by atoms with Crippen molar-refractivity contribution in [1.82, 2.24) is 25.0 Å². The van der Waals surface area contributed by atoms with Gasteiger partial charge in [0.25, 0.3) is 5.91 Å². The van der Waals surface area contributed by atoms with Gasteiger partial charge in [-0.15, -0.1) is 5.10 Å². The van der Waals surface area contributed by atoms with Crippen LogP contribution in [0.5, 0.6) is 5.75 Å². The molecule has 5 rings (SSSR count). The molecule has 0 atom stereocenters. The van der Waals surface area contributed by atoms with Gasteiger partial charge < -0.3 is 4.74 Å². The van der Waals surface area contributed by atoms with Crippen LogP contribution < -0.4 is 9.64 Å². The van der Waals surface area contributed by atoms with Crippen LogP contribution in [0.25, 0.3) is 21.3 Å². The van der Waals surface area contributed by atoms with Gasteiger partial charge in [0.2, 0.25) is 0 Å². The molecular weight excluding hydrogens is 424 g/mol. The van der Waals surface area contributed by atoms with E-state index in [9.17, 15) is 4.79 Å². The second-order valence-electron chi connectivity index (χ2n) is 7.30. The molecule has 9 heteroatoms. The quantitative estimate of drug-likeness (QED) is 0.394. The summed E-state index contributed by atoms with van der Waals surface area (Å²) in [7, 11) is 1.62. The summed E-state index contributed by atoms with van der Waals surface area (Å²) in [6.07, 6.45) is 1.72. The van der Waals surface area contributed by atoms with E-state index in [1.165, 1.54) is 11.3 Å².